The van der Waals surface area contributed by atoms with Crippen LogP contribution in [0.1, 0.15) is 35.4 Å². The molecular formula is C24H22N2O3. The fraction of sp³-hybridized carbons (Fsp3) is 0.208. The number of fused-ring (bicyclic) bond motifs is 3. The molecule has 3 aromatic rings. The molecule has 2 heterocycles. The van der Waals surface area contributed by atoms with E-state index in [4.69, 9.17) is 19.3 Å². The first-order valence-corrected chi connectivity index (χ1v) is 9.67. The lowest BCUT2D eigenvalue weighted by molar-refractivity contribution is -0.0204. The molecule has 2 atom stereocenters. The van der Waals surface area contributed by atoms with Crippen LogP contribution in [0.5, 0.6) is 17.2 Å². The number of ether oxygens (including phenoxy) is 3. The largest absolute Gasteiger partial charge is 0.497 e. The zero-order valence-corrected chi connectivity index (χ0v) is 16.4. The van der Waals surface area contributed by atoms with E-state index in [0.717, 1.165) is 46.1 Å². The number of nitrogens with zero attached hydrogens (tertiary/aromatic N) is 2. The maximum Gasteiger partial charge on any atom is 0.217 e. The second kappa shape index (κ2) is 7.17. The van der Waals surface area contributed by atoms with Gasteiger partial charge in [0.1, 0.15) is 17.2 Å². The van der Waals surface area contributed by atoms with Crippen molar-refractivity contribution in [2.24, 2.45) is 5.10 Å². The van der Waals surface area contributed by atoms with Gasteiger partial charge >= 0.3 is 0 Å². The highest BCUT2D eigenvalue weighted by molar-refractivity contribution is 6.01. The fourth-order valence-corrected chi connectivity index (χ4v) is 4.08. The van der Waals surface area contributed by atoms with Crippen molar-refractivity contribution in [2.45, 2.75) is 18.7 Å². The number of para-hydroxylation sites is 1. The van der Waals surface area contributed by atoms with E-state index in [-0.39, 0.29) is 6.04 Å². The molecule has 5 heteroatoms. The summed E-state index contributed by atoms with van der Waals surface area (Å²) in [5, 5.41) is 7.05. The summed E-state index contributed by atoms with van der Waals surface area (Å²) in [7, 11) is 3.33. The average molecular weight is 386 g/mol. The molecule has 0 radical (unpaired) electrons. The van der Waals surface area contributed by atoms with E-state index in [1.54, 1.807) is 14.2 Å². The molecule has 2 aliphatic rings. The number of hydrogen-bond donors (Lipinski definition) is 0. The minimum Gasteiger partial charge on any atom is -0.497 e. The summed E-state index contributed by atoms with van der Waals surface area (Å²) < 4.78 is 17.5. The van der Waals surface area contributed by atoms with Gasteiger partial charge in [0.15, 0.2) is 0 Å². The van der Waals surface area contributed by atoms with Crippen LogP contribution in [0.25, 0.3) is 0 Å². The van der Waals surface area contributed by atoms with Crippen LogP contribution in [-0.2, 0) is 0 Å². The fourth-order valence-electron chi connectivity index (χ4n) is 4.08. The Balaban J connectivity index is 1.63. The van der Waals surface area contributed by atoms with Gasteiger partial charge in [0.05, 0.1) is 31.5 Å². The molecule has 2 aliphatic heterocycles. The molecule has 0 saturated carbocycles. The number of methoxy groups -OCH3 is 2. The van der Waals surface area contributed by atoms with Crippen LogP contribution < -0.4 is 14.2 Å². The van der Waals surface area contributed by atoms with Gasteiger partial charge in [0.25, 0.3) is 0 Å². The number of hydrazone groups is 1. The van der Waals surface area contributed by atoms with E-state index in [9.17, 15) is 0 Å². The van der Waals surface area contributed by atoms with Gasteiger partial charge in [-0.2, -0.15) is 5.10 Å². The summed E-state index contributed by atoms with van der Waals surface area (Å²) >= 11 is 0. The maximum absolute atomic E-state index is 6.44. The molecular weight excluding hydrogens is 364 g/mol. The molecule has 5 nitrogen and oxygen atoms in total. The van der Waals surface area contributed by atoms with E-state index in [1.165, 1.54) is 0 Å². The quantitative estimate of drug-likeness (QED) is 0.637. The van der Waals surface area contributed by atoms with E-state index in [0.29, 0.717) is 0 Å². The van der Waals surface area contributed by atoms with E-state index >= 15 is 0 Å². The molecule has 0 saturated heterocycles. The zero-order valence-electron chi connectivity index (χ0n) is 16.4. The summed E-state index contributed by atoms with van der Waals surface area (Å²) in [5.41, 5.74) is 4.24. The van der Waals surface area contributed by atoms with Gasteiger partial charge in [-0.05, 0) is 29.8 Å². The lowest BCUT2D eigenvalue weighted by Gasteiger charge is -2.38. The Kier molecular flexibility index (Phi) is 4.35. The lowest BCUT2D eigenvalue weighted by atomic mass is 9.96. The summed E-state index contributed by atoms with van der Waals surface area (Å²) in [6.45, 7) is 0. The Bertz CT molecular complexity index is 1060. The highest BCUT2D eigenvalue weighted by Crippen LogP contribution is 2.49. The summed E-state index contributed by atoms with van der Waals surface area (Å²) in [6, 6.07) is 24.4. The van der Waals surface area contributed by atoms with Gasteiger partial charge in [0.2, 0.25) is 6.23 Å². The molecule has 0 bridgehead atoms. The SMILES string of the molecule is COc1ccc(OC)c([C@@H]2Oc3ccccc3[C@@H]3CC(c4ccccc4)=NN32)c1. The smallest absolute Gasteiger partial charge is 0.217 e. The first-order valence-electron chi connectivity index (χ1n) is 9.67. The molecule has 0 amide bonds. The Hall–Kier alpha value is -3.47. The first kappa shape index (κ1) is 17.6. The van der Waals surface area contributed by atoms with Crippen molar-refractivity contribution in [3.63, 3.8) is 0 Å². The molecule has 0 unspecified atom stereocenters. The Morgan fingerprint density at radius 2 is 1.69 bits per heavy atom. The third kappa shape index (κ3) is 2.99. The van der Waals surface area contributed by atoms with Crippen LogP contribution in [0.2, 0.25) is 0 Å². The second-order valence-electron chi connectivity index (χ2n) is 7.13. The predicted molar refractivity (Wildman–Crippen MR) is 112 cm³/mol. The van der Waals surface area contributed by atoms with Crippen molar-refractivity contribution < 1.29 is 14.2 Å². The van der Waals surface area contributed by atoms with Gasteiger partial charge in [-0.25, -0.2) is 5.01 Å². The van der Waals surface area contributed by atoms with Crippen LogP contribution in [0.3, 0.4) is 0 Å². The van der Waals surface area contributed by atoms with Crippen molar-refractivity contribution >= 4 is 5.71 Å². The first-order chi connectivity index (χ1) is 14.3. The standard InChI is InChI=1S/C24H22N2O3/c1-27-17-12-13-22(28-2)19(14-17)24-26-21(18-10-6-7-11-23(18)29-24)15-20(25-26)16-8-4-3-5-9-16/h3-14,21,24H,15H2,1-2H3/t21-,24-/m0/s1. The molecule has 0 aliphatic carbocycles. The monoisotopic (exact) mass is 386 g/mol. The van der Waals surface area contributed by atoms with Gasteiger partial charge in [-0.1, -0.05) is 48.5 Å². The Labute approximate surface area is 170 Å². The van der Waals surface area contributed by atoms with Gasteiger partial charge < -0.3 is 14.2 Å². The highest BCUT2D eigenvalue weighted by Gasteiger charge is 2.41. The third-order valence-electron chi connectivity index (χ3n) is 5.51. The third-order valence-corrected chi connectivity index (χ3v) is 5.51. The highest BCUT2D eigenvalue weighted by atomic mass is 16.5. The normalized spacial score (nSPS) is 19.7. The molecule has 0 spiro atoms. The van der Waals surface area contributed by atoms with Gasteiger partial charge in [0, 0.05) is 12.0 Å². The summed E-state index contributed by atoms with van der Waals surface area (Å²) in [6.07, 6.45) is 0.425. The molecule has 5 rings (SSSR count). The Morgan fingerprint density at radius 3 is 2.48 bits per heavy atom. The molecule has 0 fully saturated rings. The van der Waals surface area contributed by atoms with Crippen LogP contribution in [0.15, 0.2) is 77.9 Å². The minimum absolute atomic E-state index is 0.107. The van der Waals surface area contributed by atoms with Crippen LogP contribution in [0.4, 0.5) is 0 Å². The predicted octanol–water partition coefficient (Wildman–Crippen LogP) is 4.95. The molecule has 146 valence electrons. The Morgan fingerprint density at radius 1 is 0.897 bits per heavy atom. The van der Waals surface area contributed by atoms with E-state index in [1.807, 2.05) is 54.6 Å². The zero-order chi connectivity index (χ0) is 19.8. The van der Waals surface area contributed by atoms with Crippen molar-refractivity contribution in [1.82, 2.24) is 5.01 Å². The summed E-state index contributed by atoms with van der Waals surface area (Å²) in [4.78, 5) is 0. The molecule has 29 heavy (non-hydrogen) atoms. The van der Waals surface area contributed by atoms with Crippen LogP contribution in [0, 0.1) is 0 Å². The van der Waals surface area contributed by atoms with Crippen molar-refractivity contribution in [2.75, 3.05) is 14.2 Å². The van der Waals surface area contributed by atoms with Crippen LogP contribution in [-0.4, -0.2) is 24.9 Å². The van der Waals surface area contributed by atoms with Crippen molar-refractivity contribution in [3.05, 3.63) is 89.5 Å². The molecule has 3 aromatic carbocycles. The van der Waals surface area contributed by atoms with Crippen molar-refractivity contribution in [1.29, 1.82) is 0 Å². The number of benzene rings is 3. The molecule has 0 aromatic heterocycles. The van der Waals surface area contributed by atoms with Crippen molar-refractivity contribution in [3.8, 4) is 17.2 Å². The minimum atomic E-state index is -0.402. The van der Waals surface area contributed by atoms with Gasteiger partial charge in [-0.15, -0.1) is 0 Å². The maximum atomic E-state index is 6.44. The average Bonchev–Trinajstić information content (AvgIpc) is 3.24. The number of rotatable bonds is 4. The van der Waals surface area contributed by atoms with Crippen LogP contribution >= 0.6 is 0 Å². The molecule has 0 N–H and O–H groups in total. The van der Waals surface area contributed by atoms with E-state index in [2.05, 4.69) is 23.2 Å². The lowest BCUT2D eigenvalue weighted by Crippen LogP contribution is -2.33. The second-order valence-corrected chi connectivity index (χ2v) is 7.13. The topological polar surface area (TPSA) is 43.3 Å². The van der Waals surface area contributed by atoms with E-state index < -0.39 is 6.23 Å². The number of hydrogen-bond acceptors (Lipinski definition) is 5. The summed E-state index contributed by atoms with van der Waals surface area (Å²) in [5.74, 6) is 2.39. The van der Waals surface area contributed by atoms with Gasteiger partial charge in [-0.3, -0.25) is 0 Å².